The van der Waals surface area contributed by atoms with Gasteiger partial charge in [0.05, 0.1) is 4.92 Å². The van der Waals surface area contributed by atoms with Gasteiger partial charge < -0.3 is 0 Å². The Morgan fingerprint density at radius 1 is 1.22 bits per heavy atom. The molecule has 0 spiro atoms. The number of benzene rings is 2. The molecule has 122 valence electrons. The number of hydrogen-bond donors (Lipinski definition) is 0. The first-order chi connectivity index (χ1) is 10.7. The van der Waals surface area contributed by atoms with Gasteiger partial charge in [-0.25, -0.2) is 12.8 Å². The highest BCUT2D eigenvalue weighted by atomic mass is 35.5. The Kier molecular flexibility index (Phi) is 4.98. The summed E-state index contributed by atoms with van der Waals surface area (Å²) in [6.07, 6.45) is 0. The van der Waals surface area contributed by atoms with E-state index in [2.05, 4.69) is 0 Å². The van der Waals surface area contributed by atoms with Gasteiger partial charge in [-0.3, -0.25) is 10.1 Å². The zero-order chi connectivity index (χ0) is 17.2. The molecule has 0 bridgehead atoms. The van der Waals surface area contributed by atoms with Crippen molar-refractivity contribution in [1.29, 1.82) is 0 Å². The fourth-order valence-corrected chi connectivity index (χ4v) is 3.50. The SMILES string of the molecule is CN(Cc1c(F)cccc1Cl)S(=O)(=O)c1ccccc1[N+](=O)[O-]. The summed E-state index contributed by atoms with van der Waals surface area (Å²) in [7, 11) is -2.98. The normalized spacial score (nSPS) is 11.7. The molecule has 9 heteroatoms. The van der Waals surface area contributed by atoms with Crippen LogP contribution in [0, 0.1) is 15.9 Å². The Bertz CT molecular complexity index is 837. The number of nitrogens with zero attached hydrogens (tertiary/aromatic N) is 2. The maximum atomic E-state index is 13.8. The van der Waals surface area contributed by atoms with Gasteiger partial charge in [-0.05, 0) is 18.2 Å². The number of rotatable bonds is 5. The second kappa shape index (κ2) is 6.61. The lowest BCUT2D eigenvalue weighted by atomic mass is 10.2. The topological polar surface area (TPSA) is 80.5 Å². The van der Waals surface area contributed by atoms with E-state index in [0.717, 1.165) is 22.5 Å². The highest BCUT2D eigenvalue weighted by Crippen LogP contribution is 2.28. The molecule has 0 N–H and O–H groups in total. The van der Waals surface area contributed by atoms with Crippen LogP contribution >= 0.6 is 11.6 Å². The van der Waals surface area contributed by atoms with Crippen LogP contribution in [0.5, 0.6) is 0 Å². The fraction of sp³-hybridized carbons (Fsp3) is 0.143. The first kappa shape index (κ1) is 17.3. The van der Waals surface area contributed by atoms with Crippen molar-refractivity contribution in [2.24, 2.45) is 0 Å². The monoisotopic (exact) mass is 358 g/mol. The van der Waals surface area contributed by atoms with Gasteiger partial charge in [-0.15, -0.1) is 0 Å². The Hall–Kier alpha value is -2.03. The van der Waals surface area contributed by atoms with Crippen LogP contribution in [0.25, 0.3) is 0 Å². The van der Waals surface area contributed by atoms with E-state index in [9.17, 15) is 22.9 Å². The van der Waals surface area contributed by atoms with Gasteiger partial charge in [0.1, 0.15) is 5.82 Å². The van der Waals surface area contributed by atoms with Crippen LogP contribution < -0.4 is 0 Å². The predicted molar refractivity (Wildman–Crippen MR) is 83.2 cm³/mol. The zero-order valence-electron chi connectivity index (χ0n) is 11.9. The molecule has 23 heavy (non-hydrogen) atoms. The van der Waals surface area contributed by atoms with Gasteiger partial charge in [0.25, 0.3) is 5.69 Å². The zero-order valence-corrected chi connectivity index (χ0v) is 13.5. The summed E-state index contributed by atoms with van der Waals surface area (Å²) in [5.74, 6) is -0.651. The van der Waals surface area contributed by atoms with Gasteiger partial charge in [-0.2, -0.15) is 4.31 Å². The quantitative estimate of drug-likeness (QED) is 0.607. The molecule has 2 aromatic carbocycles. The van der Waals surface area contributed by atoms with E-state index in [4.69, 9.17) is 11.6 Å². The second-order valence-corrected chi connectivity index (χ2v) is 7.11. The standard InChI is InChI=1S/C14H12ClFN2O4S/c1-17(9-10-11(15)5-4-6-12(10)16)23(21,22)14-8-3-2-7-13(14)18(19)20/h2-8H,9H2,1H3. The molecule has 0 fully saturated rings. The van der Waals surface area contributed by atoms with Crippen molar-refractivity contribution >= 4 is 27.3 Å². The van der Waals surface area contributed by atoms with Crippen LogP contribution in [-0.2, 0) is 16.6 Å². The lowest BCUT2D eigenvalue weighted by Gasteiger charge is -2.18. The van der Waals surface area contributed by atoms with Crippen molar-refractivity contribution in [2.45, 2.75) is 11.4 Å². The molecule has 0 aromatic heterocycles. The summed E-state index contributed by atoms with van der Waals surface area (Å²) in [5.41, 5.74) is -0.544. The van der Waals surface area contributed by atoms with Gasteiger partial charge >= 0.3 is 0 Å². The van der Waals surface area contributed by atoms with Crippen molar-refractivity contribution in [1.82, 2.24) is 4.31 Å². The predicted octanol–water partition coefficient (Wildman–Crippen LogP) is 3.21. The molecule has 2 rings (SSSR count). The molecule has 6 nitrogen and oxygen atoms in total. The summed E-state index contributed by atoms with van der Waals surface area (Å²) in [4.78, 5) is 9.76. The van der Waals surface area contributed by atoms with Crippen LogP contribution in [0.15, 0.2) is 47.4 Å². The molecule has 0 unspecified atom stereocenters. The van der Waals surface area contributed by atoms with E-state index in [-0.39, 0.29) is 17.1 Å². The fourth-order valence-electron chi connectivity index (χ4n) is 1.99. The molecular formula is C14H12ClFN2O4S. The van der Waals surface area contributed by atoms with E-state index in [0.29, 0.717) is 0 Å². The molecule has 0 aliphatic carbocycles. The summed E-state index contributed by atoms with van der Waals surface area (Å²) in [6.45, 7) is -0.347. The summed E-state index contributed by atoms with van der Waals surface area (Å²) in [6, 6.07) is 8.97. The largest absolute Gasteiger partial charge is 0.289 e. The maximum absolute atomic E-state index is 13.8. The molecule has 0 radical (unpaired) electrons. The van der Waals surface area contributed by atoms with Crippen molar-refractivity contribution in [3.63, 3.8) is 0 Å². The lowest BCUT2D eigenvalue weighted by Crippen LogP contribution is -2.27. The highest BCUT2D eigenvalue weighted by Gasteiger charge is 2.29. The number of halogens is 2. The van der Waals surface area contributed by atoms with Crippen LogP contribution in [0.3, 0.4) is 0 Å². The Labute approximate surface area is 137 Å². The highest BCUT2D eigenvalue weighted by molar-refractivity contribution is 7.89. The van der Waals surface area contributed by atoms with Crippen molar-refractivity contribution in [3.05, 3.63) is 69.0 Å². The van der Waals surface area contributed by atoms with E-state index in [1.54, 1.807) is 0 Å². The summed E-state index contributed by atoms with van der Waals surface area (Å²) < 4.78 is 39.7. The summed E-state index contributed by atoms with van der Waals surface area (Å²) in [5, 5.41) is 11.1. The number of nitro benzene ring substituents is 1. The first-order valence-electron chi connectivity index (χ1n) is 6.38. The van der Waals surface area contributed by atoms with E-state index < -0.39 is 31.3 Å². The van der Waals surface area contributed by atoms with Crippen LogP contribution in [-0.4, -0.2) is 24.7 Å². The molecule has 2 aromatic rings. The number of hydrogen-bond acceptors (Lipinski definition) is 4. The molecule has 0 saturated carbocycles. The smallest absolute Gasteiger partial charge is 0.258 e. The number of nitro groups is 1. The average molecular weight is 359 g/mol. The number of sulfonamides is 1. The van der Waals surface area contributed by atoms with Crippen molar-refractivity contribution in [3.8, 4) is 0 Å². The third-order valence-corrected chi connectivity index (χ3v) is 5.40. The van der Waals surface area contributed by atoms with Crippen molar-refractivity contribution in [2.75, 3.05) is 7.05 Å². The third kappa shape index (κ3) is 3.49. The number of para-hydroxylation sites is 1. The Morgan fingerprint density at radius 2 is 1.87 bits per heavy atom. The van der Waals surface area contributed by atoms with Gasteiger partial charge in [-0.1, -0.05) is 29.8 Å². The average Bonchev–Trinajstić information content (AvgIpc) is 2.50. The molecular weight excluding hydrogens is 347 g/mol. The maximum Gasteiger partial charge on any atom is 0.289 e. The minimum Gasteiger partial charge on any atom is -0.258 e. The van der Waals surface area contributed by atoms with E-state index in [1.807, 2.05) is 0 Å². The third-order valence-electron chi connectivity index (χ3n) is 3.19. The minimum absolute atomic E-state index is 0.00109. The molecule has 0 amide bonds. The van der Waals surface area contributed by atoms with Gasteiger partial charge in [0.15, 0.2) is 4.90 Å². The Balaban J connectivity index is 2.43. The van der Waals surface area contributed by atoms with Crippen molar-refractivity contribution < 1.29 is 17.7 Å². The summed E-state index contributed by atoms with van der Waals surface area (Å²) >= 11 is 5.88. The minimum atomic E-state index is -4.18. The first-order valence-corrected chi connectivity index (χ1v) is 8.19. The molecule has 0 atom stereocenters. The molecule has 0 saturated heterocycles. The van der Waals surface area contributed by atoms with Crippen LogP contribution in [0.1, 0.15) is 5.56 Å². The van der Waals surface area contributed by atoms with Crippen LogP contribution in [0.2, 0.25) is 5.02 Å². The van der Waals surface area contributed by atoms with Crippen LogP contribution in [0.4, 0.5) is 10.1 Å². The second-order valence-electron chi connectivity index (χ2n) is 4.69. The van der Waals surface area contributed by atoms with E-state index >= 15 is 0 Å². The lowest BCUT2D eigenvalue weighted by molar-refractivity contribution is -0.387. The van der Waals surface area contributed by atoms with Gasteiger partial charge in [0.2, 0.25) is 10.0 Å². The molecule has 0 aliphatic rings. The van der Waals surface area contributed by atoms with E-state index in [1.165, 1.54) is 31.3 Å². The molecule has 0 heterocycles. The Morgan fingerprint density at radius 3 is 2.48 bits per heavy atom. The molecule has 0 aliphatic heterocycles. The van der Waals surface area contributed by atoms with Gasteiger partial charge in [0, 0.05) is 30.2 Å².